The molecule has 0 aliphatic carbocycles. The number of methoxy groups -OCH3 is 3. The predicted octanol–water partition coefficient (Wildman–Crippen LogP) is 6.52. The van der Waals surface area contributed by atoms with E-state index >= 15 is 0 Å². The molecule has 172 valence electrons. The molecule has 0 saturated heterocycles. The number of anilines is 1. The predicted molar refractivity (Wildman–Crippen MR) is 124 cm³/mol. The molecule has 0 aliphatic heterocycles. The fourth-order valence-corrected chi connectivity index (χ4v) is 5.53. The number of nitrogens with one attached hydrogen (secondary N) is 1. The van der Waals surface area contributed by atoms with E-state index in [4.69, 9.17) is 34.9 Å². The Balaban J connectivity index is 2.72. The summed E-state index contributed by atoms with van der Waals surface area (Å²) < 4.78 is 42.3. The van der Waals surface area contributed by atoms with Gasteiger partial charge in [0.1, 0.15) is 0 Å². The van der Waals surface area contributed by atoms with Gasteiger partial charge in [-0.2, -0.15) is 0 Å². The lowest BCUT2D eigenvalue weighted by Crippen LogP contribution is -2.19. The first-order valence-corrected chi connectivity index (χ1v) is 11.9. The molecule has 0 aromatic heterocycles. The highest BCUT2D eigenvalue weighted by Gasteiger charge is 2.40. The summed E-state index contributed by atoms with van der Waals surface area (Å²) in [6.45, 7) is 7.21. The van der Waals surface area contributed by atoms with Crippen molar-refractivity contribution in [2.45, 2.75) is 45.7 Å². The SMILES string of the molecule is COc1cc(C(Nc2ccccc2Cl)P(=O)(OC(C)C)OC(C)C)cc(OC)c1OC. The van der Waals surface area contributed by atoms with Crippen LogP contribution in [0.4, 0.5) is 5.69 Å². The van der Waals surface area contributed by atoms with Crippen molar-refractivity contribution in [3.8, 4) is 17.2 Å². The van der Waals surface area contributed by atoms with Gasteiger partial charge in [-0.3, -0.25) is 4.57 Å². The Labute approximate surface area is 189 Å². The average molecular weight is 472 g/mol. The highest BCUT2D eigenvalue weighted by atomic mass is 35.5. The van der Waals surface area contributed by atoms with Crippen LogP contribution < -0.4 is 19.5 Å². The number of benzene rings is 2. The van der Waals surface area contributed by atoms with E-state index in [-0.39, 0.29) is 12.2 Å². The molecule has 0 spiro atoms. The van der Waals surface area contributed by atoms with Crippen molar-refractivity contribution >= 4 is 24.9 Å². The van der Waals surface area contributed by atoms with Crippen molar-refractivity contribution < 1.29 is 27.8 Å². The van der Waals surface area contributed by atoms with E-state index in [1.54, 1.807) is 52.0 Å². The molecule has 7 nitrogen and oxygen atoms in total. The van der Waals surface area contributed by atoms with E-state index < -0.39 is 13.4 Å². The van der Waals surface area contributed by atoms with Gasteiger partial charge in [0.05, 0.1) is 44.2 Å². The molecular formula is C22H31ClNO6P. The quantitative estimate of drug-likeness (QED) is 0.374. The van der Waals surface area contributed by atoms with Crippen LogP contribution in [-0.2, 0) is 13.6 Å². The monoisotopic (exact) mass is 471 g/mol. The molecule has 0 heterocycles. The Hall–Kier alpha value is -1.92. The summed E-state index contributed by atoms with van der Waals surface area (Å²) in [7, 11) is 0.808. The van der Waals surface area contributed by atoms with E-state index in [9.17, 15) is 4.57 Å². The molecule has 0 amide bonds. The summed E-state index contributed by atoms with van der Waals surface area (Å²) in [6.07, 6.45) is -0.690. The van der Waals surface area contributed by atoms with Gasteiger partial charge in [0.2, 0.25) is 5.75 Å². The van der Waals surface area contributed by atoms with E-state index in [1.807, 2.05) is 12.1 Å². The second kappa shape index (κ2) is 11.1. The zero-order valence-electron chi connectivity index (χ0n) is 19.0. The third-order valence-corrected chi connectivity index (χ3v) is 7.02. The molecule has 0 fully saturated rings. The standard InChI is InChI=1S/C22H31ClNO6P/c1-14(2)29-31(25,30-15(3)4)22(24-18-11-9-8-10-17(18)23)16-12-19(26-5)21(28-7)20(13-16)27-6/h8-15,22,24H,1-7H3. The molecule has 31 heavy (non-hydrogen) atoms. The zero-order valence-corrected chi connectivity index (χ0v) is 20.6. The van der Waals surface area contributed by atoms with Crippen molar-refractivity contribution in [2.75, 3.05) is 26.6 Å². The fraction of sp³-hybridized carbons (Fsp3) is 0.455. The molecule has 1 unspecified atom stereocenters. The minimum atomic E-state index is -3.75. The summed E-state index contributed by atoms with van der Waals surface area (Å²) in [4.78, 5) is 0. The Morgan fingerprint density at radius 3 is 1.81 bits per heavy atom. The van der Waals surface area contributed by atoms with Crippen LogP contribution in [0, 0.1) is 0 Å². The largest absolute Gasteiger partial charge is 0.493 e. The molecule has 2 aromatic carbocycles. The third kappa shape index (κ3) is 6.30. The van der Waals surface area contributed by atoms with Gasteiger partial charge in [0.25, 0.3) is 0 Å². The van der Waals surface area contributed by atoms with Crippen LogP contribution in [0.15, 0.2) is 36.4 Å². The molecule has 1 N–H and O–H groups in total. The normalized spacial score (nSPS) is 12.7. The average Bonchev–Trinajstić information content (AvgIpc) is 2.70. The molecule has 0 bridgehead atoms. The van der Waals surface area contributed by atoms with Crippen LogP contribution in [0.2, 0.25) is 5.02 Å². The summed E-state index contributed by atoms with van der Waals surface area (Å²) in [5.74, 6) is 0.368. The first-order chi connectivity index (χ1) is 14.6. The number of rotatable bonds is 11. The minimum absolute atomic E-state index is 0.345. The van der Waals surface area contributed by atoms with E-state index in [0.29, 0.717) is 33.5 Å². The summed E-state index contributed by atoms with van der Waals surface area (Å²) in [5, 5.41) is 3.73. The van der Waals surface area contributed by atoms with Crippen molar-refractivity contribution in [3.63, 3.8) is 0 Å². The van der Waals surface area contributed by atoms with Gasteiger partial charge in [-0.25, -0.2) is 0 Å². The van der Waals surface area contributed by atoms with Gasteiger partial charge in [-0.1, -0.05) is 23.7 Å². The molecule has 1 atom stereocenters. The van der Waals surface area contributed by atoms with Gasteiger partial charge in [-0.05, 0) is 57.5 Å². The van der Waals surface area contributed by atoms with Gasteiger partial charge in [0.15, 0.2) is 17.3 Å². The van der Waals surface area contributed by atoms with Gasteiger partial charge in [0, 0.05) is 0 Å². The van der Waals surface area contributed by atoms with Crippen LogP contribution in [0.1, 0.15) is 39.0 Å². The third-order valence-electron chi connectivity index (χ3n) is 4.20. The maximum absolute atomic E-state index is 14.1. The number of ether oxygens (including phenoxy) is 3. The lowest BCUT2D eigenvalue weighted by molar-refractivity contribution is 0.138. The summed E-state index contributed by atoms with van der Waals surface area (Å²) >= 11 is 6.38. The molecule has 0 aliphatic rings. The highest BCUT2D eigenvalue weighted by Crippen LogP contribution is 2.63. The number of hydrogen-bond acceptors (Lipinski definition) is 7. The highest BCUT2D eigenvalue weighted by molar-refractivity contribution is 7.54. The number of hydrogen-bond donors (Lipinski definition) is 1. The second-order valence-electron chi connectivity index (χ2n) is 7.33. The van der Waals surface area contributed by atoms with Crippen molar-refractivity contribution in [3.05, 3.63) is 47.0 Å². The molecule has 2 aromatic rings. The first kappa shape index (κ1) is 25.3. The Morgan fingerprint density at radius 1 is 0.871 bits per heavy atom. The van der Waals surface area contributed by atoms with Crippen molar-refractivity contribution in [1.82, 2.24) is 0 Å². The van der Waals surface area contributed by atoms with Crippen LogP contribution in [0.3, 0.4) is 0 Å². The minimum Gasteiger partial charge on any atom is -0.493 e. The topological polar surface area (TPSA) is 75.3 Å². The number of halogens is 1. The molecular weight excluding hydrogens is 441 g/mol. The second-order valence-corrected chi connectivity index (χ2v) is 9.76. The van der Waals surface area contributed by atoms with E-state index in [1.165, 1.54) is 21.3 Å². The number of para-hydroxylation sites is 1. The molecule has 0 saturated carbocycles. The van der Waals surface area contributed by atoms with Crippen LogP contribution in [-0.4, -0.2) is 33.5 Å². The van der Waals surface area contributed by atoms with Crippen LogP contribution in [0.5, 0.6) is 17.2 Å². The molecule has 9 heteroatoms. The first-order valence-electron chi connectivity index (χ1n) is 9.92. The zero-order chi connectivity index (χ0) is 23.2. The Bertz CT molecular complexity index is 882. The maximum Gasteiger partial charge on any atom is 0.357 e. The Kier molecular flexibility index (Phi) is 9.07. The van der Waals surface area contributed by atoms with E-state index in [2.05, 4.69) is 5.32 Å². The van der Waals surface area contributed by atoms with Gasteiger partial charge in [-0.15, -0.1) is 0 Å². The van der Waals surface area contributed by atoms with Crippen LogP contribution in [0.25, 0.3) is 0 Å². The van der Waals surface area contributed by atoms with Gasteiger partial charge < -0.3 is 28.6 Å². The van der Waals surface area contributed by atoms with Crippen molar-refractivity contribution in [2.24, 2.45) is 0 Å². The lowest BCUT2D eigenvalue weighted by Gasteiger charge is -2.32. The Morgan fingerprint density at radius 2 is 1.39 bits per heavy atom. The lowest BCUT2D eigenvalue weighted by atomic mass is 10.1. The molecule has 2 rings (SSSR count). The maximum atomic E-state index is 14.1. The van der Waals surface area contributed by atoms with E-state index in [0.717, 1.165) is 0 Å². The summed E-state index contributed by atoms with van der Waals surface area (Å²) in [5.41, 5.74) is 1.15. The van der Waals surface area contributed by atoms with Crippen LogP contribution >= 0.6 is 19.2 Å². The van der Waals surface area contributed by atoms with Crippen molar-refractivity contribution in [1.29, 1.82) is 0 Å². The van der Waals surface area contributed by atoms with Gasteiger partial charge >= 0.3 is 7.60 Å². The smallest absolute Gasteiger partial charge is 0.357 e. The molecule has 0 radical (unpaired) electrons. The summed E-state index contributed by atoms with van der Waals surface area (Å²) in [6, 6.07) is 10.6. The fourth-order valence-electron chi connectivity index (χ4n) is 3.06.